The normalized spacial score (nSPS) is 36.4. The third kappa shape index (κ3) is 12.7. The molecule has 5 aliphatic rings. The SMILES string of the molecule is CCCCCCCCCCCCCCCCCC(=O)OCC1O[C@@H](O[C@H]2CC[C@@]3(C)C(=CC[C@H]4[C@@H]5CC[C@H]([C@H](C)/C=C/[C@@H](CC)C(C)C)[C@@]5(C)CC[C@@H]43)C2)C(O)C(O)[C@@H]1O. The molecule has 0 aromatic rings. The first-order valence-corrected chi connectivity index (χ1v) is 25.7. The molecule has 3 saturated carbocycles. The van der Waals surface area contributed by atoms with Crippen LogP contribution in [0, 0.1) is 52.3 Å². The van der Waals surface area contributed by atoms with Crippen LogP contribution < -0.4 is 0 Å². The summed E-state index contributed by atoms with van der Waals surface area (Å²) in [5.41, 5.74) is 2.05. The van der Waals surface area contributed by atoms with Gasteiger partial charge in [-0.1, -0.05) is 162 Å². The second-order valence-corrected chi connectivity index (χ2v) is 21.4. The minimum atomic E-state index is -1.44. The van der Waals surface area contributed by atoms with Gasteiger partial charge >= 0.3 is 5.97 Å². The standard InChI is InChI=1S/C53H92O7/c1-8-10-11-12-13-14-15-16-17-18-19-20-21-22-23-24-47(54)58-36-46-48(55)49(56)50(57)51(60-46)59-41-31-33-52(6)40(35-41)27-28-42-44-30-29-43(53(44,7)34-32-45(42)52)38(5)25-26-39(9-2)37(3)4/h25-27,37-39,41-46,48-51,55-57H,8-24,28-36H2,1-7H3/b26-25+/t38-,39-,41+,42+,43-,44+,45+,46?,48-,49?,50?,51-,52+,53-/m1/s1. The Bertz CT molecular complexity index is 1330. The van der Waals surface area contributed by atoms with Gasteiger partial charge in [0.15, 0.2) is 6.29 Å². The number of carbonyl (C=O) groups is 1. The van der Waals surface area contributed by atoms with Gasteiger partial charge in [-0.25, -0.2) is 0 Å². The lowest BCUT2D eigenvalue weighted by molar-refractivity contribution is -0.313. The van der Waals surface area contributed by atoms with Gasteiger partial charge in [0.1, 0.15) is 31.0 Å². The van der Waals surface area contributed by atoms with Crippen LogP contribution in [0.5, 0.6) is 0 Å². The maximum absolute atomic E-state index is 12.6. The smallest absolute Gasteiger partial charge is 0.305 e. The average molecular weight is 841 g/mol. The third-order valence-electron chi connectivity index (χ3n) is 17.1. The van der Waals surface area contributed by atoms with E-state index in [9.17, 15) is 20.1 Å². The summed E-state index contributed by atoms with van der Waals surface area (Å²) >= 11 is 0. The van der Waals surface area contributed by atoms with Crippen LogP contribution in [0.3, 0.4) is 0 Å². The Morgan fingerprint density at radius 2 is 1.42 bits per heavy atom. The maximum atomic E-state index is 12.6. The number of allylic oxidation sites excluding steroid dienone is 3. The monoisotopic (exact) mass is 841 g/mol. The van der Waals surface area contributed by atoms with Gasteiger partial charge in [0, 0.05) is 6.42 Å². The van der Waals surface area contributed by atoms with Gasteiger partial charge in [-0.2, -0.15) is 0 Å². The summed E-state index contributed by atoms with van der Waals surface area (Å²) in [6.07, 6.45) is 31.0. The highest BCUT2D eigenvalue weighted by Gasteiger charge is 2.59. The topological polar surface area (TPSA) is 105 Å². The predicted octanol–water partition coefficient (Wildman–Crippen LogP) is 12.4. The summed E-state index contributed by atoms with van der Waals surface area (Å²) < 4.78 is 18.0. The summed E-state index contributed by atoms with van der Waals surface area (Å²) in [6, 6.07) is 0. The molecular weight excluding hydrogens is 749 g/mol. The van der Waals surface area contributed by atoms with Crippen molar-refractivity contribution < 1.29 is 34.3 Å². The molecule has 0 spiro atoms. The number of unbranched alkanes of at least 4 members (excludes halogenated alkanes) is 14. The Labute approximate surface area is 367 Å². The number of esters is 1. The minimum absolute atomic E-state index is 0.147. The van der Waals surface area contributed by atoms with Gasteiger partial charge in [0.05, 0.1) is 6.10 Å². The molecule has 4 fully saturated rings. The van der Waals surface area contributed by atoms with Gasteiger partial charge in [-0.3, -0.25) is 4.79 Å². The predicted molar refractivity (Wildman–Crippen MR) is 244 cm³/mol. The fraction of sp³-hybridized carbons (Fsp3) is 0.906. The first-order chi connectivity index (χ1) is 28.8. The molecule has 346 valence electrons. The Morgan fingerprint density at radius 1 is 0.783 bits per heavy atom. The summed E-state index contributed by atoms with van der Waals surface area (Å²) in [4.78, 5) is 12.6. The second-order valence-electron chi connectivity index (χ2n) is 21.4. The molecular formula is C53H92O7. The van der Waals surface area contributed by atoms with Gasteiger partial charge in [-0.05, 0) is 116 Å². The first-order valence-electron chi connectivity index (χ1n) is 25.7. The molecule has 0 radical (unpaired) electrons. The minimum Gasteiger partial charge on any atom is -0.463 e. The third-order valence-corrected chi connectivity index (χ3v) is 17.1. The quantitative estimate of drug-likeness (QED) is 0.0477. The van der Waals surface area contributed by atoms with E-state index in [2.05, 4.69) is 66.7 Å². The van der Waals surface area contributed by atoms with E-state index in [-0.39, 0.29) is 24.1 Å². The van der Waals surface area contributed by atoms with Crippen molar-refractivity contribution in [3.63, 3.8) is 0 Å². The van der Waals surface area contributed by atoms with E-state index in [1.165, 1.54) is 115 Å². The zero-order chi connectivity index (χ0) is 43.3. The molecule has 3 unspecified atom stereocenters. The molecule has 0 amide bonds. The summed E-state index contributed by atoms with van der Waals surface area (Å²) in [5, 5.41) is 32.5. The highest BCUT2D eigenvalue weighted by molar-refractivity contribution is 5.69. The second kappa shape index (κ2) is 24.2. The van der Waals surface area contributed by atoms with E-state index < -0.39 is 30.7 Å². The fourth-order valence-electron chi connectivity index (χ4n) is 13.2. The van der Waals surface area contributed by atoms with Crippen LogP contribution in [0.25, 0.3) is 0 Å². The molecule has 3 N–H and O–H groups in total. The number of ether oxygens (including phenoxy) is 3. The average Bonchev–Trinajstić information content (AvgIpc) is 3.59. The Kier molecular flexibility index (Phi) is 20.0. The highest BCUT2D eigenvalue weighted by atomic mass is 16.7. The van der Waals surface area contributed by atoms with Crippen LogP contribution in [0.15, 0.2) is 23.8 Å². The van der Waals surface area contributed by atoms with E-state index in [1.54, 1.807) is 0 Å². The number of aliphatic hydroxyl groups excluding tert-OH is 3. The molecule has 60 heavy (non-hydrogen) atoms. The van der Waals surface area contributed by atoms with Crippen molar-refractivity contribution in [1.29, 1.82) is 0 Å². The maximum Gasteiger partial charge on any atom is 0.305 e. The van der Waals surface area contributed by atoms with E-state index in [0.717, 1.165) is 62.7 Å². The Morgan fingerprint density at radius 3 is 2.03 bits per heavy atom. The molecule has 0 bridgehead atoms. The summed E-state index contributed by atoms with van der Waals surface area (Å²) in [7, 11) is 0. The number of hydrogen-bond donors (Lipinski definition) is 3. The molecule has 14 atom stereocenters. The lowest BCUT2D eigenvalue weighted by atomic mass is 9.47. The zero-order valence-electron chi connectivity index (χ0n) is 39.6. The largest absolute Gasteiger partial charge is 0.463 e. The fourth-order valence-corrected chi connectivity index (χ4v) is 13.2. The van der Waals surface area contributed by atoms with E-state index in [0.29, 0.717) is 35.5 Å². The van der Waals surface area contributed by atoms with Crippen molar-refractivity contribution in [3.8, 4) is 0 Å². The van der Waals surface area contributed by atoms with Gasteiger partial charge < -0.3 is 29.5 Å². The van der Waals surface area contributed by atoms with Crippen LogP contribution in [0.1, 0.15) is 209 Å². The number of aliphatic hydroxyl groups is 3. The molecule has 0 aromatic carbocycles. The Balaban J connectivity index is 1.02. The van der Waals surface area contributed by atoms with Crippen LogP contribution in [-0.2, 0) is 19.0 Å². The highest BCUT2D eigenvalue weighted by Crippen LogP contribution is 2.67. The molecule has 7 heteroatoms. The van der Waals surface area contributed by atoms with Gasteiger partial charge in [-0.15, -0.1) is 0 Å². The Hall–Kier alpha value is -1.25. The first kappa shape index (κ1) is 49.8. The molecule has 1 heterocycles. The summed E-state index contributed by atoms with van der Waals surface area (Å²) in [6.45, 7) is 16.8. The molecule has 4 aliphatic carbocycles. The lowest BCUT2D eigenvalue weighted by Gasteiger charge is -2.58. The molecule has 1 saturated heterocycles. The van der Waals surface area contributed by atoms with Crippen molar-refractivity contribution in [1.82, 2.24) is 0 Å². The van der Waals surface area contributed by atoms with Crippen LogP contribution in [0.2, 0.25) is 0 Å². The van der Waals surface area contributed by atoms with Gasteiger partial charge in [0.2, 0.25) is 0 Å². The van der Waals surface area contributed by atoms with Crippen molar-refractivity contribution >= 4 is 5.97 Å². The van der Waals surface area contributed by atoms with E-state index in [1.807, 2.05) is 0 Å². The van der Waals surface area contributed by atoms with Crippen LogP contribution in [-0.4, -0.2) is 64.7 Å². The van der Waals surface area contributed by atoms with Crippen molar-refractivity contribution in [2.24, 2.45) is 52.3 Å². The van der Waals surface area contributed by atoms with Crippen molar-refractivity contribution in [2.75, 3.05) is 6.61 Å². The molecule has 7 nitrogen and oxygen atoms in total. The van der Waals surface area contributed by atoms with E-state index in [4.69, 9.17) is 14.2 Å². The zero-order valence-corrected chi connectivity index (χ0v) is 39.6. The number of rotatable bonds is 25. The van der Waals surface area contributed by atoms with Crippen LogP contribution in [0.4, 0.5) is 0 Å². The van der Waals surface area contributed by atoms with E-state index >= 15 is 0 Å². The molecule has 5 rings (SSSR count). The number of carbonyl (C=O) groups excluding carboxylic acids is 1. The van der Waals surface area contributed by atoms with Gasteiger partial charge in [0.25, 0.3) is 0 Å². The van der Waals surface area contributed by atoms with Crippen molar-refractivity contribution in [3.05, 3.63) is 23.8 Å². The number of hydrogen-bond acceptors (Lipinski definition) is 7. The number of fused-ring (bicyclic) bond motifs is 5. The van der Waals surface area contributed by atoms with Crippen LogP contribution >= 0.6 is 0 Å². The van der Waals surface area contributed by atoms with Crippen molar-refractivity contribution in [2.45, 2.75) is 246 Å². The molecule has 0 aromatic heterocycles. The molecule has 1 aliphatic heterocycles. The summed E-state index contributed by atoms with van der Waals surface area (Å²) in [5.74, 6) is 4.62. The lowest BCUT2D eigenvalue weighted by Crippen LogP contribution is -2.60.